The van der Waals surface area contributed by atoms with Gasteiger partial charge in [0.15, 0.2) is 11.0 Å². The van der Waals surface area contributed by atoms with Crippen LogP contribution in [-0.4, -0.2) is 25.9 Å². The van der Waals surface area contributed by atoms with Crippen molar-refractivity contribution in [2.75, 3.05) is 5.32 Å². The van der Waals surface area contributed by atoms with E-state index in [1.807, 2.05) is 55.5 Å². The van der Waals surface area contributed by atoms with Crippen LogP contribution < -0.4 is 5.32 Å². The van der Waals surface area contributed by atoms with Gasteiger partial charge in [0.1, 0.15) is 0 Å². The monoisotopic (exact) mass is 408 g/mol. The van der Waals surface area contributed by atoms with Crippen LogP contribution in [-0.2, 0) is 11.3 Å². The van der Waals surface area contributed by atoms with Crippen molar-refractivity contribution < 1.29 is 4.79 Å². The van der Waals surface area contributed by atoms with Gasteiger partial charge in [0.05, 0.1) is 5.25 Å². The first-order chi connectivity index (χ1) is 14.0. The number of para-hydroxylation sites is 1. The number of amides is 1. The third-order valence-corrected chi connectivity index (χ3v) is 6.16. The number of nitrogens with zero attached hydrogens (tertiary/aromatic N) is 3. The van der Waals surface area contributed by atoms with Crippen molar-refractivity contribution in [3.8, 4) is 11.4 Å². The van der Waals surface area contributed by atoms with Crippen LogP contribution in [0.2, 0.25) is 0 Å². The minimum absolute atomic E-state index is 0.0299. The zero-order chi connectivity index (χ0) is 20.8. The van der Waals surface area contributed by atoms with E-state index in [1.165, 1.54) is 17.3 Å². The topological polar surface area (TPSA) is 59.8 Å². The minimum atomic E-state index is -0.293. The number of carbonyl (C=O) groups is 1. The first-order valence-corrected chi connectivity index (χ1v) is 11.0. The van der Waals surface area contributed by atoms with Gasteiger partial charge in [0.2, 0.25) is 5.91 Å². The number of hydrogen-bond acceptors (Lipinski definition) is 4. The zero-order valence-corrected chi connectivity index (χ0v) is 18.2. The second-order valence-electron chi connectivity index (χ2n) is 7.06. The predicted octanol–water partition coefficient (Wildman–Crippen LogP) is 5.60. The highest BCUT2D eigenvalue weighted by Gasteiger charge is 2.21. The van der Waals surface area contributed by atoms with E-state index in [4.69, 9.17) is 0 Å². The van der Waals surface area contributed by atoms with Gasteiger partial charge < -0.3 is 9.88 Å². The molecule has 0 fully saturated rings. The lowest BCUT2D eigenvalue weighted by molar-refractivity contribution is -0.115. The molecule has 0 aliphatic heterocycles. The molecule has 0 saturated heterocycles. The second kappa shape index (κ2) is 9.74. The van der Waals surface area contributed by atoms with Crippen molar-refractivity contribution in [2.24, 2.45) is 0 Å². The Morgan fingerprint density at radius 2 is 1.72 bits per heavy atom. The molecule has 3 rings (SSSR count). The van der Waals surface area contributed by atoms with E-state index in [-0.39, 0.29) is 11.2 Å². The summed E-state index contributed by atoms with van der Waals surface area (Å²) in [6, 6.07) is 18.0. The average Bonchev–Trinajstić information content (AvgIpc) is 3.16. The normalized spacial score (nSPS) is 13.1. The molecule has 2 aromatic carbocycles. The van der Waals surface area contributed by atoms with Gasteiger partial charge >= 0.3 is 0 Å². The number of anilines is 1. The molecule has 0 radical (unpaired) electrons. The largest absolute Gasteiger partial charge is 0.325 e. The number of hydrogen-bond donors (Lipinski definition) is 1. The molecule has 1 heterocycles. The van der Waals surface area contributed by atoms with Gasteiger partial charge in [-0.3, -0.25) is 4.79 Å². The second-order valence-corrected chi connectivity index (χ2v) is 8.37. The molecule has 1 aromatic heterocycles. The third kappa shape index (κ3) is 4.88. The van der Waals surface area contributed by atoms with Crippen molar-refractivity contribution >= 4 is 23.4 Å². The van der Waals surface area contributed by atoms with Crippen LogP contribution in [0.4, 0.5) is 5.69 Å². The molecule has 0 bridgehead atoms. The van der Waals surface area contributed by atoms with Crippen molar-refractivity contribution in [3.63, 3.8) is 0 Å². The summed E-state index contributed by atoms with van der Waals surface area (Å²) in [4.78, 5) is 12.9. The van der Waals surface area contributed by atoms with Crippen LogP contribution in [0.1, 0.15) is 45.6 Å². The summed E-state index contributed by atoms with van der Waals surface area (Å²) in [7, 11) is 0. The van der Waals surface area contributed by atoms with E-state index in [9.17, 15) is 4.79 Å². The van der Waals surface area contributed by atoms with Crippen molar-refractivity contribution in [1.82, 2.24) is 14.8 Å². The maximum atomic E-state index is 12.9. The number of carbonyl (C=O) groups excluding carboxylic acids is 1. The van der Waals surface area contributed by atoms with E-state index in [0.29, 0.717) is 5.92 Å². The lowest BCUT2D eigenvalue weighted by Gasteiger charge is -2.17. The fraction of sp³-hybridized carbons (Fsp3) is 0.348. The highest BCUT2D eigenvalue weighted by Crippen LogP contribution is 2.29. The molecule has 0 aliphatic carbocycles. The molecule has 152 valence electrons. The molecule has 0 saturated carbocycles. The Kier molecular flexibility index (Phi) is 7.09. The molecule has 2 unspecified atom stereocenters. The Labute approximate surface area is 176 Å². The summed E-state index contributed by atoms with van der Waals surface area (Å²) in [5.74, 6) is 1.19. The fourth-order valence-electron chi connectivity index (χ4n) is 3.17. The van der Waals surface area contributed by atoms with Crippen molar-refractivity contribution in [1.29, 1.82) is 0 Å². The minimum Gasteiger partial charge on any atom is -0.325 e. The molecular weight excluding hydrogens is 380 g/mol. The van der Waals surface area contributed by atoms with Gasteiger partial charge in [0, 0.05) is 17.8 Å². The summed E-state index contributed by atoms with van der Waals surface area (Å²) in [5.41, 5.74) is 3.08. The molecular formula is C23H28N4OS. The quantitative estimate of drug-likeness (QED) is 0.493. The number of benzene rings is 2. The van der Waals surface area contributed by atoms with E-state index in [2.05, 4.69) is 46.9 Å². The Hall–Kier alpha value is -2.60. The third-order valence-electron chi connectivity index (χ3n) is 5.08. The van der Waals surface area contributed by atoms with Gasteiger partial charge in [-0.1, -0.05) is 74.1 Å². The summed E-state index contributed by atoms with van der Waals surface area (Å²) in [6.07, 6.45) is 1.03. The van der Waals surface area contributed by atoms with Crippen LogP contribution in [0, 0.1) is 0 Å². The standard InChI is InChI=1S/C23H28N4OS/c1-5-16(3)19-14-10-11-15-20(19)24-22(28)17(4)29-23-26-25-21(27(23)6-2)18-12-8-7-9-13-18/h7-17H,5-6H2,1-4H3,(H,24,28). The van der Waals surface area contributed by atoms with Crippen LogP contribution in [0.25, 0.3) is 11.4 Å². The first kappa shape index (κ1) is 21.1. The van der Waals surface area contributed by atoms with Gasteiger partial charge in [-0.25, -0.2) is 0 Å². The van der Waals surface area contributed by atoms with Crippen molar-refractivity contribution in [2.45, 2.75) is 57.0 Å². The molecule has 6 heteroatoms. The number of rotatable bonds is 8. The fourth-order valence-corrected chi connectivity index (χ4v) is 4.08. The Bertz CT molecular complexity index is 955. The number of aromatic nitrogens is 3. The van der Waals surface area contributed by atoms with Crippen LogP contribution in [0.15, 0.2) is 59.8 Å². The average molecular weight is 409 g/mol. The lowest BCUT2D eigenvalue weighted by atomic mass is 9.97. The number of thioether (sulfide) groups is 1. The molecule has 0 aliphatic rings. The van der Waals surface area contributed by atoms with Crippen molar-refractivity contribution in [3.05, 3.63) is 60.2 Å². The van der Waals surface area contributed by atoms with E-state index in [0.717, 1.165) is 35.2 Å². The number of nitrogens with one attached hydrogen (secondary N) is 1. The molecule has 1 amide bonds. The smallest absolute Gasteiger partial charge is 0.237 e. The van der Waals surface area contributed by atoms with E-state index >= 15 is 0 Å². The molecule has 5 nitrogen and oxygen atoms in total. The van der Waals surface area contributed by atoms with E-state index in [1.54, 1.807) is 0 Å². The summed E-state index contributed by atoms with van der Waals surface area (Å²) in [5, 5.41) is 12.3. The molecule has 2 atom stereocenters. The van der Waals surface area contributed by atoms with Gasteiger partial charge in [-0.2, -0.15) is 0 Å². The molecule has 0 spiro atoms. The van der Waals surface area contributed by atoms with Crippen LogP contribution in [0.5, 0.6) is 0 Å². The van der Waals surface area contributed by atoms with Gasteiger partial charge in [0.25, 0.3) is 0 Å². The predicted molar refractivity (Wildman–Crippen MR) is 120 cm³/mol. The maximum Gasteiger partial charge on any atom is 0.237 e. The molecule has 3 aromatic rings. The van der Waals surface area contributed by atoms with Crippen LogP contribution >= 0.6 is 11.8 Å². The maximum absolute atomic E-state index is 12.9. The van der Waals surface area contributed by atoms with Gasteiger partial charge in [-0.05, 0) is 37.8 Å². The van der Waals surface area contributed by atoms with E-state index < -0.39 is 0 Å². The van der Waals surface area contributed by atoms with Gasteiger partial charge in [-0.15, -0.1) is 10.2 Å². The first-order valence-electron chi connectivity index (χ1n) is 10.1. The SMILES string of the molecule is CCC(C)c1ccccc1NC(=O)C(C)Sc1nnc(-c2ccccc2)n1CC. The highest BCUT2D eigenvalue weighted by atomic mass is 32.2. The molecule has 1 N–H and O–H groups in total. The highest BCUT2D eigenvalue weighted by molar-refractivity contribution is 8.00. The van der Waals surface area contributed by atoms with Crippen LogP contribution in [0.3, 0.4) is 0 Å². The summed E-state index contributed by atoms with van der Waals surface area (Å²) in [6.45, 7) is 9.04. The Morgan fingerprint density at radius 3 is 2.41 bits per heavy atom. The molecule has 29 heavy (non-hydrogen) atoms. The summed E-state index contributed by atoms with van der Waals surface area (Å²) >= 11 is 1.43. The Morgan fingerprint density at radius 1 is 1.03 bits per heavy atom. The lowest BCUT2D eigenvalue weighted by Crippen LogP contribution is -2.23. The summed E-state index contributed by atoms with van der Waals surface area (Å²) < 4.78 is 2.05. The Balaban J connectivity index is 1.75. The zero-order valence-electron chi connectivity index (χ0n) is 17.4.